The van der Waals surface area contributed by atoms with Gasteiger partial charge in [-0.15, -0.1) is 11.8 Å². The monoisotopic (exact) mass is 294 g/mol. The second-order valence-corrected chi connectivity index (χ2v) is 6.11. The van der Waals surface area contributed by atoms with E-state index in [0.29, 0.717) is 0 Å². The highest BCUT2D eigenvalue weighted by molar-refractivity contribution is 7.99. The van der Waals surface area contributed by atoms with Crippen LogP contribution in [0.25, 0.3) is 0 Å². The smallest absolute Gasteiger partial charge is 0.146 e. The Hall–Kier alpha value is -1.20. The highest BCUT2D eigenvalue weighted by Gasteiger charge is 2.18. The Bertz CT molecular complexity index is 584. The molecule has 2 heterocycles. The lowest BCUT2D eigenvalue weighted by Gasteiger charge is -2.24. The van der Waals surface area contributed by atoms with Gasteiger partial charge in [0.05, 0.1) is 12.2 Å². The molecule has 100 valence electrons. The van der Waals surface area contributed by atoms with E-state index in [0.717, 1.165) is 36.1 Å². The van der Waals surface area contributed by atoms with Crippen LogP contribution < -0.4 is 4.90 Å². The first kappa shape index (κ1) is 12.8. The number of halogens is 1. The zero-order valence-electron chi connectivity index (χ0n) is 10.7. The topological polar surface area (TPSA) is 34.0 Å². The lowest BCUT2D eigenvalue weighted by molar-refractivity contribution is 0.662. The van der Waals surface area contributed by atoms with Crippen LogP contribution in [-0.2, 0) is 13.6 Å². The summed E-state index contributed by atoms with van der Waals surface area (Å²) >= 11 is 8.03. The minimum absolute atomic E-state index is 0.768. The SMILES string of the molecule is Cn1ncnc1CN1CCCSc2ccc(Cl)cc21. The quantitative estimate of drug-likeness (QED) is 0.853. The number of nitrogens with zero attached hydrogens (tertiary/aromatic N) is 4. The average Bonchev–Trinajstić information content (AvgIpc) is 2.69. The predicted molar refractivity (Wildman–Crippen MR) is 78.8 cm³/mol. The highest BCUT2D eigenvalue weighted by atomic mass is 35.5. The molecule has 0 saturated heterocycles. The summed E-state index contributed by atoms with van der Waals surface area (Å²) in [6.45, 7) is 1.79. The standard InChI is InChI=1S/C13H15ClN4S/c1-17-13(15-9-16-17)8-18-5-2-6-19-12-4-3-10(14)7-11(12)18/h3-4,7,9H,2,5-6,8H2,1H3. The molecule has 0 amide bonds. The molecule has 1 aliphatic heterocycles. The first-order chi connectivity index (χ1) is 9.24. The van der Waals surface area contributed by atoms with Crippen LogP contribution in [0.1, 0.15) is 12.2 Å². The van der Waals surface area contributed by atoms with E-state index >= 15 is 0 Å². The zero-order valence-corrected chi connectivity index (χ0v) is 12.3. The fourth-order valence-corrected chi connectivity index (χ4v) is 3.38. The molecule has 1 aromatic heterocycles. The fraction of sp³-hybridized carbons (Fsp3) is 0.385. The number of rotatable bonds is 2. The third-order valence-electron chi connectivity index (χ3n) is 3.23. The molecule has 3 rings (SSSR count). The van der Waals surface area contributed by atoms with E-state index < -0.39 is 0 Å². The molecule has 0 spiro atoms. The van der Waals surface area contributed by atoms with Crippen molar-refractivity contribution in [1.82, 2.24) is 14.8 Å². The van der Waals surface area contributed by atoms with Gasteiger partial charge in [-0.1, -0.05) is 11.6 Å². The minimum atomic E-state index is 0.768. The maximum atomic E-state index is 6.14. The second-order valence-electron chi connectivity index (χ2n) is 4.54. The van der Waals surface area contributed by atoms with Gasteiger partial charge >= 0.3 is 0 Å². The van der Waals surface area contributed by atoms with Crippen LogP contribution in [-0.4, -0.2) is 27.1 Å². The summed E-state index contributed by atoms with van der Waals surface area (Å²) in [5.41, 5.74) is 1.21. The lowest BCUT2D eigenvalue weighted by atomic mass is 10.2. The van der Waals surface area contributed by atoms with Gasteiger partial charge in [0.25, 0.3) is 0 Å². The van der Waals surface area contributed by atoms with Crippen molar-refractivity contribution in [3.05, 3.63) is 35.4 Å². The lowest BCUT2D eigenvalue weighted by Crippen LogP contribution is -2.25. The number of hydrogen-bond donors (Lipinski definition) is 0. The van der Waals surface area contributed by atoms with Gasteiger partial charge < -0.3 is 4.90 Å². The molecular formula is C13H15ClN4S. The Morgan fingerprint density at radius 3 is 3.11 bits per heavy atom. The van der Waals surface area contributed by atoms with Gasteiger partial charge in [0.1, 0.15) is 12.2 Å². The van der Waals surface area contributed by atoms with Crippen molar-refractivity contribution in [3.8, 4) is 0 Å². The Morgan fingerprint density at radius 2 is 2.32 bits per heavy atom. The molecule has 4 nitrogen and oxygen atoms in total. The Kier molecular flexibility index (Phi) is 3.66. The van der Waals surface area contributed by atoms with Gasteiger partial charge in [0, 0.05) is 23.5 Å². The van der Waals surface area contributed by atoms with Crippen LogP contribution in [0.3, 0.4) is 0 Å². The summed E-state index contributed by atoms with van der Waals surface area (Å²) in [4.78, 5) is 7.94. The number of aryl methyl sites for hydroxylation is 1. The number of anilines is 1. The minimum Gasteiger partial charge on any atom is -0.363 e. The van der Waals surface area contributed by atoms with Gasteiger partial charge in [-0.2, -0.15) is 5.10 Å². The van der Waals surface area contributed by atoms with Crippen molar-refractivity contribution in [3.63, 3.8) is 0 Å². The van der Waals surface area contributed by atoms with Crippen molar-refractivity contribution < 1.29 is 0 Å². The van der Waals surface area contributed by atoms with E-state index in [1.54, 1.807) is 6.33 Å². The fourth-order valence-electron chi connectivity index (χ4n) is 2.22. The molecule has 0 saturated carbocycles. The summed E-state index contributed by atoms with van der Waals surface area (Å²) in [6.07, 6.45) is 2.76. The normalized spacial score (nSPS) is 15.2. The molecule has 0 radical (unpaired) electrons. The first-order valence-electron chi connectivity index (χ1n) is 6.24. The third-order valence-corrected chi connectivity index (χ3v) is 4.61. The van der Waals surface area contributed by atoms with E-state index in [-0.39, 0.29) is 0 Å². The summed E-state index contributed by atoms with van der Waals surface area (Å²) in [6, 6.07) is 6.11. The Labute approximate surface area is 121 Å². The van der Waals surface area contributed by atoms with Gasteiger partial charge in [-0.05, 0) is 30.4 Å². The summed E-state index contributed by atoms with van der Waals surface area (Å²) in [7, 11) is 1.92. The van der Waals surface area contributed by atoms with Crippen molar-refractivity contribution in [2.75, 3.05) is 17.2 Å². The van der Waals surface area contributed by atoms with Crippen LogP contribution in [0.2, 0.25) is 5.02 Å². The highest BCUT2D eigenvalue weighted by Crippen LogP contribution is 2.36. The van der Waals surface area contributed by atoms with Crippen molar-refractivity contribution in [2.45, 2.75) is 17.9 Å². The van der Waals surface area contributed by atoms with E-state index in [2.05, 4.69) is 21.0 Å². The number of thioether (sulfide) groups is 1. The molecular weight excluding hydrogens is 280 g/mol. The number of benzene rings is 1. The molecule has 0 aliphatic carbocycles. The van der Waals surface area contributed by atoms with Crippen molar-refractivity contribution >= 4 is 29.1 Å². The van der Waals surface area contributed by atoms with Crippen LogP contribution in [0.15, 0.2) is 29.4 Å². The van der Waals surface area contributed by atoms with E-state index in [1.165, 1.54) is 10.6 Å². The number of aromatic nitrogens is 3. The summed E-state index contributed by atoms with van der Waals surface area (Å²) in [5.74, 6) is 2.11. The molecule has 0 fully saturated rings. The number of fused-ring (bicyclic) bond motifs is 1. The molecule has 6 heteroatoms. The predicted octanol–water partition coefficient (Wildman–Crippen LogP) is 2.97. The molecule has 0 atom stereocenters. The van der Waals surface area contributed by atoms with Crippen LogP contribution in [0.5, 0.6) is 0 Å². The molecule has 1 aliphatic rings. The Balaban J connectivity index is 1.93. The molecule has 0 unspecified atom stereocenters. The van der Waals surface area contributed by atoms with Crippen LogP contribution in [0, 0.1) is 0 Å². The molecule has 19 heavy (non-hydrogen) atoms. The van der Waals surface area contributed by atoms with Gasteiger partial charge in [-0.3, -0.25) is 4.68 Å². The van der Waals surface area contributed by atoms with Crippen molar-refractivity contribution in [1.29, 1.82) is 0 Å². The van der Waals surface area contributed by atoms with E-state index in [9.17, 15) is 0 Å². The Morgan fingerprint density at radius 1 is 1.42 bits per heavy atom. The van der Waals surface area contributed by atoms with Crippen LogP contribution >= 0.6 is 23.4 Å². The third kappa shape index (κ3) is 2.72. The van der Waals surface area contributed by atoms with Gasteiger partial charge in [0.2, 0.25) is 0 Å². The summed E-state index contributed by atoms with van der Waals surface area (Å²) < 4.78 is 1.82. The summed E-state index contributed by atoms with van der Waals surface area (Å²) in [5, 5.41) is 4.91. The van der Waals surface area contributed by atoms with Crippen LogP contribution in [0.4, 0.5) is 5.69 Å². The van der Waals surface area contributed by atoms with Gasteiger partial charge in [-0.25, -0.2) is 4.98 Å². The maximum absolute atomic E-state index is 6.14. The van der Waals surface area contributed by atoms with E-state index in [4.69, 9.17) is 11.6 Å². The molecule has 1 aromatic carbocycles. The average molecular weight is 295 g/mol. The zero-order chi connectivity index (χ0) is 13.2. The largest absolute Gasteiger partial charge is 0.363 e. The first-order valence-corrected chi connectivity index (χ1v) is 7.60. The van der Waals surface area contributed by atoms with Crippen molar-refractivity contribution in [2.24, 2.45) is 7.05 Å². The second kappa shape index (κ2) is 5.43. The van der Waals surface area contributed by atoms with E-state index in [1.807, 2.05) is 35.6 Å². The number of hydrogen-bond acceptors (Lipinski definition) is 4. The molecule has 2 aromatic rings. The molecule has 0 bridgehead atoms. The maximum Gasteiger partial charge on any atom is 0.146 e. The van der Waals surface area contributed by atoms with Gasteiger partial charge in [0.15, 0.2) is 0 Å². The molecule has 0 N–H and O–H groups in total.